The average molecular weight is 287 g/mol. The van der Waals surface area contributed by atoms with Crippen LogP contribution in [0.4, 0.5) is 0 Å². The van der Waals surface area contributed by atoms with E-state index in [1.165, 1.54) is 14.2 Å². The predicted molar refractivity (Wildman–Crippen MR) is 78.4 cm³/mol. The topological polar surface area (TPSA) is 57.7 Å². The summed E-state index contributed by atoms with van der Waals surface area (Å²) in [6, 6.07) is 8.97. The Labute approximate surface area is 123 Å². The van der Waals surface area contributed by atoms with Crippen LogP contribution < -0.4 is 14.2 Å². The van der Waals surface area contributed by atoms with Gasteiger partial charge >= 0.3 is 0 Å². The molecule has 0 saturated carbocycles. The number of aromatic nitrogens is 1. The molecule has 2 aromatic rings. The number of hydrogen-bond acceptors (Lipinski definition) is 5. The van der Waals surface area contributed by atoms with Crippen molar-refractivity contribution in [2.45, 2.75) is 6.42 Å². The molecule has 0 fully saturated rings. The molecule has 1 heterocycles. The van der Waals surface area contributed by atoms with E-state index in [4.69, 9.17) is 14.2 Å². The molecule has 0 aliphatic rings. The fraction of sp³-hybridized carbons (Fsp3) is 0.250. The normalized spacial score (nSPS) is 10.0. The van der Waals surface area contributed by atoms with Gasteiger partial charge in [0.25, 0.3) is 0 Å². The number of ether oxygens (including phenoxy) is 3. The number of carbonyl (C=O) groups excluding carboxylic acids is 1. The van der Waals surface area contributed by atoms with Crippen molar-refractivity contribution in [2.24, 2.45) is 0 Å². The molecule has 5 heteroatoms. The van der Waals surface area contributed by atoms with E-state index in [1.807, 2.05) is 18.2 Å². The number of carbonyl (C=O) groups is 1. The molecule has 1 aromatic carbocycles. The molecule has 21 heavy (non-hydrogen) atoms. The van der Waals surface area contributed by atoms with Crippen molar-refractivity contribution < 1.29 is 19.0 Å². The van der Waals surface area contributed by atoms with E-state index in [1.54, 1.807) is 18.3 Å². The maximum absolute atomic E-state index is 10.9. The molecular formula is C16H17NO4. The number of benzene rings is 1. The van der Waals surface area contributed by atoms with E-state index in [2.05, 4.69) is 4.98 Å². The molecule has 0 radical (unpaired) electrons. The van der Waals surface area contributed by atoms with Gasteiger partial charge in [-0.25, -0.2) is 0 Å². The summed E-state index contributed by atoms with van der Waals surface area (Å²) in [5.74, 6) is 1.43. The predicted octanol–water partition coefficient (Wildman–Crippen LogP) is 2.53. The van der Waals surface area contributed by atoms with Gasteiger partial charge in [0.2, 0.25) is 5.75 Å². The maximum Gasteiger partial charge on any atom is 0.203 e. The number of methoxy groups -OCH3 is 2. The maximum atomic E-state index is 10.9. The van der Waals surface area contributed by atoms with Crippen LogP contribution in [0.25, 0.3) is 0 Å². The highest BCUT2D eigenvalue weighted by Gasteiger charge is 2.14. The van der Waals surface area contributed by atoms with Crippen LogP contribution >= 0.6 is 0 Å². The Morgan fingerprint density at radius 1 is 1.14 bits per heavy atom. The monoisotopic (exact) mass is 287 g/mol. The molecular weight excluding hydrogens is 270 g/mol. The summed E-state index contributed by atoms with van der Waals surface area (Å²) in [6.07, 6.45) is 3.15. The van der Waals surface area contributed by atoms with Gasteiger partial charge in [-0.15, -0.1) is 0 Å². The summed E-state index contributed by atoms with van der Waals surface area (Å²) < 4.78 is 16.3. The highest BCUT2D eigenvalue weighted by Crippen LogP contribution is 2.38. The van der Waals surface area contributed by atoms with Crippen molar-refractivity contribution in [1.29, 1.82) is 0 Å². The molecule has 1 aromatic heterocycles. The summed E-state index contributed by atoms with van der Waals surface area (Å²) in [6.45, 7) is 0.435. The van der Waals surface area contributed by atoms with Gasteiger partial charge in [0.05, 0.1) is 20.8 Å². The first-order chi connectivity index (χ1) is 10.3. The fourth-order valence-corrected chi connectivity index (χ4v) is 1.91. The molecule has 0 unspecified atom stereocenters. The molecule has 0 bridgehead atoms. The van der Waals surface area contributed by atoms with Crippen molar-refractivity contribution in [2.75, 3.05) is 20.8 Å². The van der Waals surface area contributed by atoms with Crippen LogP contribution in [0.5, 0.6) is 17.2 Å². The minimum atomic E-state index is 0.435. The number of aldehydes is 1. The van der Waals surface area contributed by atoms with Crippen molar-refractivity contribution in [3.63, 3.8) is 0 Å². The lowest BCUT2D eigenvalue weighted by atomic mass is 10.2. The lowest BCUT2D eigenvalue weighted by Gasteiger charge is -2.14. The van der Waals surface area contributed by atoms with Gasteiger partial charge in [-0.05, 0) is 24.3 Å². The van der Waals surface area contributed by atoms with E-state index in [-0.39, 0.29) is 0 Å². The second kappa shape index (κ2) is 7.28. The van der Waals surface area contributed by atoms with Crippen LogP contribution in [0.2, 0.25) is 0 Å². The molecule has 110 valence electrons. The zero-order valence-corrected chi connectivity index (χ0v) is 12.0. The lowest BCUT2D eigenvalue weighted by molar-refractivity contribution is 0.112. The minimum Gasteiger partial charge on any atom is -0.493 e. The van der Waals surface area contributed by atoms with Crippen molar-refractivity contribution in [1.82, 2.24) is 4.98 Å². The van der Waals surface area contributed by atoms with Crippen LogP contribution in [0.1, 0.15) is 16.1 Å². The first-order valence-corrected chi connectivity index (χ1v) is 6.52. The number of nitrogens with zero attached hydrogens (tertiary/aromatic N) is 1. The fourth-order valence-electron chi connectivity index (χ4n) is 1.91. The second-order valence-electron chi connectivity index (χ2n) is 4.29. The van der Waals surface area contributed by atoms with Crippen LogP contribution in [0.3, 0.4) is 0 Å². The standard InChI is InChI=1S/C16H17NO4/c1-19-14-9-12(11-18)10-15(20-2)16(14)21-8-6-13-5-3-4-7-17-13/h3-5,7,9-11H,6,8H2,1-2H3. The third kappa shape index (κ3) is 3.72. The van der Waals surface area contributed by atoms with E-state index >= 15 is 0 Å². The van der Waals surface area contributed by atoms with Crippen LogP contribution in [-0.2, 0) is 6.42 Å². The molecule has 5 nitrogen and oxygen atoms in total. The molecule has 0 spiro atoms. The van der Waals surface area contributed by atoms with E-state index in [0.717, 1.165) is 12.0 Å². The summed E-state index contributed by atoms with van der Waals surface area (Å²) >= 11 is 0. The molecule has 0 amide bonds. The summed E-state index contributed by atoms with van der Waals surface area (Å²) in [4.78, 5) is 15.1. The average Bonchev–Trinajstić information content (AvgIpc) is 2.55. The Balaban J connectivity index is 2.13. The zero-order chi connectivity index (χ0) is 15.1. The molecule has 0 atom stereocenters. The second-order valence-corrected chi connectivity index (χ2v) is 4.29. The third-order valence-corrected chi connectivity index (χ3v) is 2.95. The first kappa shape index (κ1) is 14.8. The molecule has 0 saturated heterocycles. The van der Waals surface area contributed by atoms with Gasteiger partial charge in [0.15, 0.2) is 11.5 Å². The largest absolute Gasteiger partial charge is 0.493 e. The van der Waals surface area contributed by atoms with Crippen LogP contribution in [0, 0.1) is 0 Å². The van der Waals surface area contributed by atoms with Gasteiger partial charge in [-0.1, -0.05) is 6.07 Å². The van der Waals surface area contributed by atoms with Crippen LogP contribution in [-0.4, -0.2) is 32.1 Å². The van der Waals surface area contributed by atoms with Crippen LogP contribution in [0.15, 0.2) is 36.5 Å². The highest BCUT2D eigenvalue weighted by molar-refractivity contribution is 5.78. The Bertz CT molecular complexity index is 573. The summed E-state index contributed by atoms with van der Waals surface area (Å²) in [7, 11) is 3.05. The van der Waals surface area contributed by atoms with E-state index in [0.29, 0.717) is 35.8 Å². The molecule has 0 aliphatic carbocycles. The summed E-state index contributed by atoms with van der Waals surface area (Å²) in [5, 5.41) is 0. The van der Waals surface area contributed by atoms with Crippen molar-refractivity contribution >= 4 is 6.29 Å². The quantitative estimate of drug-likeness (QED) is 0.732. The van der Waals surface area contributed by atoms with Crippen molar-refractivity contribution in [3.05, 3.63) is 47.8 Å². The SMILES string of the molecule is COc1cc(C=O)cc(OC)c1OCCc1ccccn1. The van der Waals surface area contributed by atoms with Gasteiger partial charge < -0.3 is 14.2 Å². The smallest absolute Gasteiger partial charge is 0.203 e. The minimum absolute atomic E-state index is 0.435. The third-order valence-electron chi connectivity index (χ3n) is 2.95. The number of rotatable bonds is 7. The van der Waals surface area contributed by atoms with Gasteiger partial charge in [-0.2, -0.15) is 0 Å². The Morgan fingerprint density at radius 3 is 2.38 bits per heavy atom. The zero-order valence-electron chi connectivity index (χ0n) is 12.0. The number of hydrogen-bond donors (Lipinski definition) is 0. The molecule has 0 aliphatic heterocycles. The Hall–Kier alpha value is -2.56. The van der Waals surface area contributed by atoms with Gasteiger partial charge in [-0.3, -0.25) is 9.78 Å². The Kier molecular flexibility index (Phi) is 5.15. The van der Waals surface area contributed by atoms with E-state index in [9.17, 15) is 4.79 Å². The lowest BCUT2D eigenvalue weighted by Crippen LogP contribution is -2.05. The van der Waals surface area contributed by atoms with Crippen molar-refractivity contribution in [3.8, 4) is 17.2 Å². The first-order valence-electron chi connectivity index (χ1n) is 6.52. The Morgan fingerprint density at radius 2 is 1.86 bits per heavy atom. The molecule has 0 N–H and O–H groups in total. The number of pyridine rings is 1. The van der Waals surface area contributed by atoms with Gasteiger partial charge in [0, 0.05) is 23.9 Å². The van der Waals surface area contributed by atoms with E-state index < -0.39 is 0 Å². The summed E-state index contributed by atoms with van der Waals surface area (Å²) in [5.41, 5.74) is 1.42. The van der Waals surface area contributed by atoms with Gasteiger partial charge in [0.1, 0.15) is 6.29 Å². The highest BCUT2D eigenvalue weighted by atomic mass is 16.5. The molecule has 2 rings (SSSR count).